The van der Waals surface area contributed by atoms with Gasteiger partial charge in [0.25, 0.3) is 0 Å². The standard InChI is InChI=1S/C24H28ClN7O2S/c1-14-22(25)29-24(26-12-16-5-6-17(33-3)11-19(16)34-4)32-23(14)28-21(30-32)8-10-31-9-7-18-20(13-31)35-15(2)27-18/h5-6,11H,7-10,12-13H2,1-4H3,(H,26,29). The summed E-state index contributed by atoms with van der Waals surface area (Å²) in [7, 11) is 3.27. The zero-order valence-corrected chi connectivity index (χ0v) is 21.8. The molecule has 0 fully saturated rings. The molecule has 1 N–H and O–H groups in total. The smallest absolute Gasteiger partial charge is 0.227 e. The van der Waals surface area contributed by atoms with Gasteiger partial charge in [-0.25, -0.2) is 15.0 Å². The van der Waals surface area contributed by atoms with Crippen molar-refractivity contribution in [2.45, 2.75) is 39.8 Å². The van der Waals surface area contributed by atoms with E-state index in [2.05, 4.69) is 27.1 Å². The molecule has 11 heteroatoms. The molecule has 0 aliphatic carbocycles. The van der Waals surface area contributed by atoms with E-state index in [1.54, 1.807) is 30.1 Å². The highest BCUT2D eigenvalue weighted by Crippen LogP contribution is 2.27. The topological polar surface area (TPSA) is 89.7 Å². The number of hydrogen-bond donors (Lipinski definition) is 1. The highest BCUT2D eigenvalue weighted by molar-refractivity contribution is 7.11. The van der Waals surface area contributed by atoms with Crippen LogP contribution in [0.15, 0.2) is 18.2 Å². The van der Waals surface area contributed by atoms with E-state index in [-0.39, 0.29) is 0 Å². The minimum Gasteiger partial charge on any atom is -0.497 e. The number of nitrogens with zero attached hydrogens (tertiary/aromatic N) is 6. The number of thiazole rings is 1. The van der Waals surface area contributed by atoms with Gasteiger partial charge in [-0.2, -0.15) is 4.52 Å². The maximum atomic E-state index is 6.44. The number of aromatic nitrogens is 5. The zero-order valence-electron chi connectivity index (χ0n) is 20.3. The van der Waals surface area contributed by atoms with E-state index in [9.17, 15) is 0 Å². The lowest BCUT2D eigenvalue weighted by Crippen LogP contribution is -2.31. The third kappa shape index (κ3) is 4.91. The van der Waals surface area contributed by atoms with Gasteiger partial charge in [-0.1, -0.05) is 11.6 Å². The predicted octanol–water partition coefficient (Wildman–Crippen LogP) is 4.08. The third-order valence-electron chi connectivity index (χ3n) is 6.20. The minimum absolute atomic E-state index is 0.407. The molecule has 0 radical (unpaired) electrons. The lowest BCUT2D eigenvalue weighted by Gasteiger charge is -2.25. The average Bonchev–Trinajstić information content (AvgIpc) is 3.46. The molecule has 184 valence electrons. The van der Waals surface area contributed by atoms with E-state index in [0.717, 1.165) is 65.9 Å². The van der Waals surface area contributed by atoms with Crippen LogP contribution in [0.3, 0.4) is 0 Å². The maximum absolute atomic E-state index is 6.44. The Morgan fingerprint density at radius 1 is 1.14 bits per heavy atom. The van der Waals surface area contributed by atoms with E-state index in [1.165, 1.54) is 10.6 Å². The lowest BCUT2D eigenvalue weighted by atomic mass is 10.1. The van der Waals surface area contributed by atoms with E-state index in [0.29, 0.717) is 23.3 Å². The number of ether oxygens (including phenoxy) is 2. The second-order valence-corrected chi connectivity index (χ2v) is 10.2. The average molecular weight is 514 g/mol. The first-order chi connectivity index (χ1) is 16.9. The van der Waals surface area contributed by atoms with Gasteiger partial charge in [0.1, 0.15) is 16.7 Å². The molecule has 1 aliphatic heterocycles. The number of anilines is 1. The molecule has 0 amide bonds. The summed E-state index contributed by atoms with van der Waals surface area (Å²) in [6, 6.07) is 5.71. The second kappa shape index (κ2) is 9.96. The number of aryl methyl sites for hydroxylation is 2. The first kappa shape index (κ1) is 23.8. The number of halogens is 1. The van der Waals surface area contributed by atoms with Crippen LogP contribution >= 0.6 is 22.9 Å². The van der Waals surface area contributed by atoms with E-state index in [1.807, 2.05) is 25.1 Å². The Labute approximate surface area is 213 Å². The van der Waals surface area contributed by atoms with E-state index < -0.39 is 0 Å². The molecule has 3 aromatic heterocycles. The lowest BCUT2D eigenvalue weighted by molar-refractivity contribution is 0.257. The van der Waals surface area contributed by atoms with Gasteiger partial charge in [0.2, 0.25) is 5.95 Å². The van der Waals surface area contributed by atoms with Crippen LogP contribution in [0.25, 0.3) is 5.65 Å². The molecule has 0 spiro atoms. The summed E-state index contributed by atoms with van der Waals surface area (Å²) < 4.78 is 12.5. The summed E-state index contributed by atoms with van der Waals surface area (Å²) in [5, 5.41) is 9.66. The Balaban J connectivity index is 1.33. The first-order valence-corrected chi connectivity index (χ1v) is 12.7. The van der Waals surface area contributed by atoms with Crippen LogP contribution in [-0.4, -0.2) is 56.8 Å². The Hall–Kier alpha value is -2.95. The molecule has 0 saturated heterocycles. The fourth-order valence-corrected chi connectivity index (χ4v) is 5.47. The number of benzene rings is 1. The van der Waals surface area contributed by atoms with Gasteiger partial charge in [-0.05, 0) is 26.0 Å². The van der Waals surface area contributed by atoms with Crippen molar-refractivity contribution >= 4 is 34.5 Å². The van der Waals surface area contributed by atoms with Crippen LogP contribution in [0.2, 0.25) is 5.15 Å². The van der Waals surface area contributed by atoms with Crippen LogP contribution in [0.1, 0.15) is 32.5 Å². The molecule has 4 aromatic rings. The van der Waals surface area contributed by atoms with Crippen molar-refractivity contribution in [1.29, 1.82) is 0 Å². The van der Waals surface area contributed by atoms with Gasteiger partial charge in [0.15, 0.2) is 11.5 Å². The van der Waals surface area contributed by atoms with Gasteiger partial charge < -0.3 is 14.8 Å². The second-order valence-electron chi connectivity index (χ2n) is 8.52. The molecule has 35 heavy (non-hydrogen) atoms. The summed E-state index contributed by atoms with van der Waals surface area (Å²) in [5.74, 6) is 2.77. The van der Waals surface area contributed by atoms with Gasteiger partial charge in [-0.3, -0.25) is 4.90 Å². The van der Waals surface area contributed by atoms with E-state index >= 15 is 0 Å². The normalized spacial score (nSPS) is 13.7. The van der Waals surface area contributed by atoms with Crippen LogP contribution in [0, 0.1) is 13.8 Å². The van der Waals surface area contributed by atoms with E-state index in [4.69, 9.17) is 31.2 Å². The number of rotatable bonds is 8. The maximum Gasteiger partial charge on any atom is 0.227 e. The van der Waals surface area contributed by atoms with Gasteiger partial charge in [0.05, 0.1) is 24.9 Å². The molecular formula is C24H28ClN7O2S. The molecular weight excluding hydrogens is 486 g/mol. The zero-order chi connectivity index (χ0) is 24.5. The number of fused-ring (bicyclic) bond motifs is 2. The molecule has 5 rings (SSSR count). The largest absolute Gasteiger partial charge is 0.497 e. The molecule has 1 aromatic carbocycles. The Morgan fingerprint density at radius 3 is 2.80 bits per heavy atom. The fourth-order valence-electron chi connectivity index (χ4n) is 4.28. The highest BCUT2D eigenvalue weighted by Gasteiger charge is 2.21. The van der Waals surface area contributed by atoms with Gasteiger partial charge in [0, 0.05) is 61.1 Å². The van der Waals surface area contributed by atoms with Crippen LogP contribution in [0.5, 0.6) is 11.5 Å². The molecule has 0 bridgehead atoms. The van der Waals surface area contributed by atoms with Crippen molar-refractivity contribution in [3.8, 4) is 11.5 Å². The molecule has 4 heterocycles. The molecule has 1 aliphatic rings. The van der Waals surface area contributed by atoms with Crippen molar-refractivity contribution in [3.63, 3.8) is 0 Å². The van der Waals surface area contributed by atoms with Crippen molar-refractivity contribution < 1.29 is 9.47 Å². The Morgan fingerprint density at radius 2 is 2.00 bits per heavy atom. The monoisotopic (exact) mass is 513 g/mol. The summed E-state index contributed by atoms with van der Waals surface area (Å²) in [6.07, 6.45) is 1.75. The molecule has 0 saturated carbocycles. The van der Waals surface area contributed by atoms with Gasteiger partial charge in [-0.15, -0.1) is 16.4 Å². The number of methoxy groups -OCH3 is 2. The Bertz CT molecular complexity index is 1370. The molecule has 0 unspecified atom stereocenters. The SMILES string of the molecule is COc1ccc(CNc2nc(Cl)c(C)c3nc(CCN4CCc5nc(C)sc5C4)nn23)c(OC)c1. The minimum atomic E-state index is 0.407. The summed E-state index contributed by atoms with van der Waals surface area (Å²) in [6.45, 7) is 7.31. The number of hydrogen-bond acceptors (Lipinski definition) is 9. The molecule has 0 atom stereocenters. The molecule has 9 nitrogen and oxygen atoms in total. The summed E-state index contributed by atoms with van der Waals surface area (Å²) in [4.78, 5) is 17.8. The highest BCUT2D eigenvalue weighted by atomic mass is 35.5. The third-order valence-corrected chi connectivity index (χ3v) is 7.57. The quantitative estimate of drug-likeness (QED) is 0.352. The van der Waals surface area contributed by atoms with Crippen molar-refractivity contribution in [3.05, 3.63) is 55.9 Å². The van der Waals surface area contributed by atoms with Crippen molar-refractivity contribution in [1.82, 2.24) is 29.5 Å². The fraction of sp³-hybridized carbons (Fsp3) is 0.417. The van der Waals surface area contributed by atoms with Crippen LogP contribution in [-0.2, 0) is 25.9 Å². The van der Waals surface area contributed by atoms with Crippen molar-refractivity contribution in [2.75, 3.05) is 32.6 Å². The summed E-state index contributed by atoms with van der Waals surface area (Å²) in [5.41, 5.74) is 3.74. The first-order valence-electron chi connectivity index (χ1n) is 11.5. The Kier molecular flexibility index (Phi) is 6.77. The van der Waals surface area contributed by atoms with Crippen molar-refractivity contribution in [2.24, 2.45) is 0 Å². The predicted molar refractivity (Wildman–Crippen MR) is 137 cm³/mol. The van der Waals surface area contributed by atoms with Crippen LogP contribution in [0.4, 0.5) is 5.95 Å². The van der Waals surface area contributed by atoms with Crippen LogP contribution < -0.4 is 14.8 Å². The van der Waals surface area contributed by atoms with Gasteiger partial charge >= 0.3 is 0 Å². The number of nitrogens with one attached hydrogen (secondary N) is 1. The summed E-state index contributed by atoms with van der Waals surface area (Å²) >= 11 is 8.24.